The van der Waals surface area contributed by atoms with E-state index in [9.17, 15) is 23.1 Å². The monoisotopic (exact) mass is 428 g/mol. The predicted octanol–water partition coefficient (Wildman–Crippen LogP) is -0.204. The second-order valence-corrected chi connectivity index (χ2v) is 8.38. The average Bonchev–Trinajstić information content (AvgIpc) is 2.57. The number of carbonyl (C=O) groups is 2. The molecule has 0 aromatic heterocycles. The Labute approximate surface area is 191 Å². The van der Waals surface area contributed by atoms with E-state index < -0.39 is 39.8 Å². The first-order valence-electron chi connectivity index (χ1n) is 9.69. The summed E-state index contributed by atoms with van der Waals surface area (Å²) in [5, 5.41) is 8.45. The molecule has 1 N–H and O–H groups in total. The third-order valence-corrected chi connectivity index (χ3v) is 5.39. The van der Waals surface area contributed by atoms with Crippen molar-refractivity contribution >= 4 is 22.1 Å². The van der Waals surface area contributed by atoms with Gasteiger partial charge in [-0.2, -0.15) is 8.42 Å². The van der Waals surface area contributed by atoms with E-state index in [-0.39, 0.29) is 29.6 Å². The molecule has 0 radical (unpaired) electrons. The van der Waals surface area contributed by atoms with Gasteiger partial charge in [0.05, 0.1) is 0 Å². The van der Waals surface area contributed by atoms with Crippen LogP contribution in [0.4, 0.5) is 0 Å². The number of carboxylic acid groups (broad SMARTS) is 1. The summed E-state index contributed by atoms with van der Waals surface area (Å²) < 4.78 is 36.6. The molecular formula is C19H33NaO7S. The second-order valence-electron chi connectivity index (χ2n) is 6.78. The van der Waals surface area contributed by atoms with Crippen LogP contribution in [0.2, 0.25) is 0 Å². The van der Waals surface area contributed by atoms with Gasteiger partial charge in [0.15, 0.2) is 5.25 Å². The van der Waals surface area contributed by atoms with Crippen molar-refractivity contribution in [1.29, 1.82) is 0 Å². The minimum Gasteiger partial charge on any atom is -0.550 e. The van der Waals surface area contributed by atoms with Gasteiger partial charge >= 0.3 is 35.5 Å². The van der Waals surface area contributed by atoms with Crippen LogP contribution in [0.25, 0.3) is 0 Å². The Hall–Kier alpha value is -0.410. The van der Waals surface area contributed by atoms with Crippen molar-refractivity contribution in [2.75, 3.05) is 0 Å². The molecule has 2 atom stereocenters. The summed E-state index contributed by atoms with van der Waals surface area (Å²) >= 11 is 0. The summed E-state index contributed by atoms with van der Waals surface area (Å²) in [5.74, 6) is -3.03. The number of unbranched alkanes of at least 4 members (excludes halogenated alkanes) is 8. The third kappa shape index (κ3) is 15.5. The summed E-state index contributed by atoms with van der Waals surface area (Å²) in [6, 6.07) is 0. The van der Waals surface area contributed by atoms with Gasteiger partial charge in [0.25, 0.3) is 10.1 Å². The van der Waals surface area contributed by atoms with Gasteiger partial charge in [-0.25, -0.2) is 0 Å². The predicted molar refractivity (Wildman–Crippen MR) is 101 cm³/mol. The fraction of sp³-hybridized carbons (Fsp3) is 0.789. The fourth-order valence-corrected chi connectivity index (χ4v) is 3.44. The second kappa shape index (κ2) is 17.4. The summed E-state index contributed by atoms with van der Waals surface area (Å²) in [4.78, 5) is 22.6. The molecule has 158 valence electrons. The molecule has 0 amide bonds. The van der Waals surface area contributed by atoms with Crippen molar-refractivity contribution in [2.24, 2.45) is 0 Å². The maximum atomic E-state index is 12.0. The van der Waals surface area contributed by atoms with E-state index in [4.69, 9.17) is 9.29 Å². The van der Waals surface area contributed by atoms with Gasteiger partial charge in [-0.05, 0) is 12.8 Å². The Kier molecular flexibility index (Phi) is 18.6. The minimum absolute atomic E-state index is 0. The molecule has 2 unspecified atom stereocenters. The molecule has 0 aromatic carbocycles. The quantitative estimate of drug-likeness (QED) is 0.112. The summed E-state index contributed by atoms with van der Waals surface area (Å²) in [6.07, 6.45) is 10.9. The number of rotatable bonds is 17. The first-order chi connectivity index (χ1) is 12.7. The molecule has 28 heavy (non-hydrogen) atoms. The van der Waals surface area contributed by atoms with Crippen LogP contribution in [0.5, 0.6) is 0 Å². The molecule has 0 spiro atoms. The molecule has 0 heterocycles. The van der Waals surface area contributed by atoms with E-state index >= 15 is 0 Å². The van der Waals surface area contributed by atoms with E-state index in [1.165, 1.54) is 32.1 Å². The molecule has 0 aliphatic carbocycles. The number of hydrogen-bond donors (Lipinski definition) is 1. The van der Waals surface area contributed by atoms with Crippen LogP contribution < -0.4 is 34.7 Å². The van der Waals surface area contributed by atoms with Crippen molar-refractivity contribution in [3.05, 3.63) is 12.7 Å². The van der Waals surface area contributed by atoms with Gasteiger partial charge in [-0.1, -0.05) is 64.4 Å². The van der Waals surface area contributed by atoms with Crippen LogP contribution >= 0.6 is 0 Å². The van der Waals surface area contributed by atoms with Crippen LogP contribution in [0, 0.1) is 0 Å². The van der Waals surface area contributed by atoms with Crippen molar-refractivity contribution < 1.29 is 62.0 Å². The maximum absolute atomic E-state index is 12.0. The van der Waals surface area contributed by atoms with Crippen molar-refractivity contribution in [1.82, 2.24) is 0 Å². The van der Waals surface area contributed by atoms with Gasteiger partial charge in [0, 0.05) is 18.8 Å². The van der Waals surface area contributed by atoms with E-state index in [1.54, 1.807) is 6.08 Å². The van der Waals surface area contributed by atoms with E-state index in [2.05, 4.69) is 13.5 Å². The number of ether oxygens (including phenoxy) is 1. The van der Waals surface area contributed by atoms with Crippen LogP contribution in [0.1, 0.15) is 84.0 Å². The first kappa shape index (κ1) is 29.8. The Morgan fingerprint density at radius 1 is 1.07 bits per heavy atom. The van der Waals surface area contributed by atoms with Crippen molar-refractivity contribution in [2.45, 2.75) is 95.3 Å². The van der Waals surface area contributed by atoms with Gasteiger partial charge < -0.3 is 14.6 Å². The summed E-state index contributed by atoms with van der Waals surface area (Å²) in [5.41, 5.74) is 0. The Bertz CT molecular complexity index is 548. The van der Waals surface area contributed by atoms with Gasteiger partial charge in [0.2, 0.25) is 0 Å². The molecule has 0 saturated carbocycles. The van der Waals surface area contributed by atoms with Crippen LogP contribution in [-0.4, -0.2) is 36.3 Å². The van der Waals surface area contributed by atoms with Crippen LogP contribution in [0.3, 0.4) is 0 Å². The fourth-order valence-electron chi connectivity index (χ4n) is 2.80. The first-order valence-corrected chi connectivity index (χ1v) is 11.2. The number of hydrogen-bond acceptors (Lipinski definition) is 6. The smallest absolute Gasteiger partial charge is 0.550 e. The topological polar surface area (TPSA) is 121 Å². The molecule has 7 nitrogen and oxygen atoms in total. The standard InChI is InChI=1S/C19H34O7S.Na/c1-3-5-6-7-8-9-10-11-12-14-16(13-4-2)26-19(22)17(15-18(20)21)27(23,24)25;/h4,16-17H,2-3,5-15H2,1H3,(H,20,21)(H,23,24,25);/q;+1/p-1. The summed E-state index contributed by atoms with van der Waals surface area (Å²) in [6.45, 7) is 5.76. The average molecular weight is 429 g/mol. The van der Waals surface area contributed by atoms with Crippen molar-refractivity contribution in [3.63, 3.8) is 0 Å². The zero-order valence-electron chi connectivity index (χ0n) is 17.2. The molecule has 0 aliphatic heterocycles. The molecule has 0 saturated heterocycles. The van der Waals surface area contributed by atoms with Crippen LogP contribution in [0.15, 0.2) is 12.7 Å². The SMILES string of the molecule is C=CCC(CCCCCCCCCCC)OC(=O)C(CC(=O)[O-])S(=O)(=O)O.[Na+]. The van der Waals surface area contributed by atoms with E-state index in [1.807, 2.05) is 0 Å². The summed E-state index contributed by atoms with van der Waals surface area (Å²) in [7, 11) is -4.88. The Morgan fingerprint density at radius 2 is 1.57 bits per heavy atom. The Morgan fingerprint density at radius 3 is 2.00 bits per heavy atom. The number of esters is 1. The van der Waals surface area contributed by atoms with Gasteiger partial charge in [0.1, 0.15) is 6.10 Å². The molecular weight excluding hydrogens is 395 g/mol. The zero-order chi connectivity index (χ0) is 20.7. The maximum Gasteiger partial charge on any atom is 1.00 e. The largest absolute Gasteiger partial charge is 1.00 e. The number of aliphatic carboxylic acids is 1. The zero-order valence-corrected chi connectivity index (χ0v) is 20.0. The number of carboxylic acids is 1. The van der Waals surface area contributed by atoms with Crippen molar-refractivity contribution in [3.8, 4) is 0 Å². The van der Waals surface area contributed by atoms with E-state index in [0.717, 1.165) is 25.7 Å². The van der Waals surface area contributed by atoms with Gasteiger partial charge in [-0.3, -0.25) is 9.35 Å². The number of carbonyl (C=O) groups excluding carboxylic acids is 2. The molecule has 0 aliphatic rings. The minimum atomic E-state index is -4.88. The molecule has 0 fully saturated rings. The molecule has 0 rings (SSSR count). The van der Waals surface area contributed by atoms with Gasteiger partial charge in [-0.15, -0.1) is 6.58 Å². The van der Waals surface area contributed by atoms with Crippen LogP contribution in [-0.2, 0) is 24.4 Å². The normalized spacial score (nSPS) is 13.2. The molecule has 0 bridgehead atoms. The molecule has 9 heteroatoms. The van der Waals surface area contributed by atoms with E-state index in [0.29, 0.717) is 12.8 Å². The molecule has 0 aromatic rings. The third-order valence-electron chi connectivity index (χ3n) is 4.32. The Balaban J connectivity index is 0.